The van der Waals surface area contributed by atoms with Crippen LogP contribution in [-0.2, 0) is 9.59 Å². The van der Waals surface area contributed by atoms with Gasteiger partial charge in [0, 0.05) is 43.6 Å². The summed E-state index contributed by atoms with van der Waals surface area (Å²) in [5.74, 6) is 0.573. The van der Waals surface area contributed by atoms with Gasteiger partial charge in [-0.05, 0) is 39.0 Å². The van der Waals surface area contributed by atoms with Crippen LogP contribution in [0.15, 0.2) is 0 Å². The van der Waals surface area contributed by atoms with Crippen LogP contribution in [0.2, 0.25) is 0 Å². The van der Waals surface area contributed by atoms with Crippen molar-refractivity contribution in [1.82, 2.24) is 9.80 Å². The summed E-state index contributed by atoms with van der Waals surface area (Å²) in [6.07, 6.45) is 4.85. The lowest BCUT2D eigenvalue weighted by atomic mass is 9.90. The van der Waals surface area contributed by atoms with Gasteiger partial charge < -0.3 is 15.5 Å². The summed E-state index contributed by atoms with van der Waals surface area (Å²) in [6.45, 7) is 8.13. The summed E-state index contributed by atoms with van der Waals surface area (Å²) < 4.78 is 0. The molecule has 0 aromatic rings. The largest absolute Gasteiger partial charge is 0.342 e. The highest BCUT2D eigenvalue weighted by molar-refractivity contribution is 5.85. The van der Waals surface area contributed by atoms with E-state index >= 15 is 0 Å². The number of nitrogens with zero attached hydrogens (tertiary/aromatic N) is 2. The number of piperidine rings is 2. The summed E-state index contributed by atoms with van der Waals surface area (Å²) in [4.78, 5) is 28.8. The molecule has 2 amide bonds. The second-order valence-electron chi connectivity index (χ2n) is 7.21. The fourth-order valence-electron chi connectivity index (χ4n) is 3.72. The molecule has 2 heterocycles. The Hall–Kier alpha value is -0.810. The Kier molecular flexibility index (Phi) is 7.81. The van der Waals surface area contributed by atoms with E-state index in [0.717, 1.165) is 38.6 Å². The third-order valence-electron chi connectivity index (χ3n) is 5.09. The smallest absolute Gasteiger partial charge is 0.226 e. The zero-order chi connectivity index (χ0) is 16.3. The Labute approximate surface area is 146 Å². The van der Waals surface area contributed by atoms with Gasteiger partial charge in [0.15, 0.2) is 0 Å². The van der Waals surface area contributed by atoms with Crippen molar-refractivity contribution in [3.8, 4) is 0 Å². The molecule has 0 saturated carbocycles. The monoisotopic (exact) mass is 345 g/mol. The standard InChI is InChI=1S/C17H31N3O2.ClH/c1-12(2)16(21)19-10-7-14(8-11-19)17(22)20-9-5-4-6-15(20)13(3)18;/h12-15H,4-11,18H2,1-3H3;1H. The molecule has 2 N–H and O–H groups in total. The van der Waals surface area contributed by atoms with Crippen molar-refractivity contribution in [2.75, 3.05) is 19.6 Å². The minimum Gasteiger partial charge on any atom is -0.342 e. The Morgan fingerprint density at radius 2 is 1.61 bits per heavy atom. The molecule has 2 aliphatic rings. The van der Waals surface area contributed by atoms with Crippen LogP contribution in [0, 0.1) is 11.8 Å². The van der Waals surface area contributed by atoms with Crippen molar-refractivity contribution in [1.29, 1.82) is 0 Å². The van der Waals surface area contributed by atoms with E-state index in [4.69, 9.17) is 5.73 Å². The average molecular weight is 346 g/mol. The van der Waals surface area contributed by atoms with Crippen molar-refractivity contribution >= 4 is 24.2 Å². The molecule has 2 unspecified atom stereocenters. The fraction of sp³-hybridized carbons (Fsp3) is 0.882. The molecule has 2 atom stereocenters. The zero-order valence-corrected chi connectivity index (χ0v) is 15.5. The highest BCUT2D eigenvalue weighted by atomic mass is 35.5. The normalized spacial score (nSPS) is 24.3. The van der Waals surface area contributed by atoms with Crippen LogP contribution in [0.3, 0.4) is 0 Å². The molecule has 0 bridgehead atoms. The van der Waals surface area contributed by atoms with Gasteiger partial charge in [0.2, 0.25) is 11.8 Å². The van der Waals surface area contributed by atoms with Crippen LogP contribution in [0.4, 0.5) is 0 Å². The van der Waals surface area contributed by atoms with E-state index < -0.39 is 0 Å². The maximum atomic E-state index is 12.8. The molecule has 5 nitrogen and oxygen atoms in total. The van der Waals surface area contributed by atoms with Gasteiger partial charge >= 0.3 is 0 Å². The van der Waals surface area contributed by atoms with Gasteiger partial charge in [-0.15, -0.1) is 12.4 Å². The van der Waals surface area contributed by atoms with E-state index in [0.29, 0.717) is 13.1 Å². The summed E-state index contributed by atoms with van der Waals surface area (Å²) in [6, 6.07) is 0.225. The van der Waals surface area contributed by atoms with Crippen molar-refractivity contribution < 1.29 is 9.59 Å². The molecule has 0 aliphatic carbocycles. The molecule has 0 aromatic heterocycles. The van der Waals surface area contributed by atoms with Gasteiger partial charge in [0.25, 0.3) is 0 Å². The molecule has 2 saturated heterocycles. The van der Waals surface area contributed by atoms with Crippen LogP contribution in [0.25, 0.3) is 0 Å². The third-order valence-corrected chi connectivity index (χ3v) is 5.09. The fourth-order valence-corrected chi connectivity index (χ4v) is 3.72. The first-order valence-corrected chi connectivity index (χ1v) is 8.76. The minimum absolute atomic E-state index is 0. The number of carbonyl (C=O) groups excluding carboxylic acids is 2. The predicted molar refractivity (Wildman–Crippen MR) is 94.4 cm³/mol. The van der Waals surface area contributed by atoms with E-state index in [2.05, 4.69) is 0 Å². The molecule has 6 heteroatoms. The molecular formula is C17H32ClN3O2. The lowest BCUT2D eigenvalue weighted by Gasteiger charge is -2.41. The first-order chi connectivity index (χ1) is 10.4. The molecule has 0 aromatic carbocycles. The second kappa shape index (κ2) is 8.88. The lowest BCUT2D eigenvalue weighted by Crippen LogP contribution is -2.54. The van der Waals surface area contributed by atoms with Crippen LogP contribution >= 0.6 is 12.4 Å². The van der Waals surface area contributed by atoms with Crippen molar-refractivity contribution in [2.45, 2.75) is 65.0 Å². The maximum Gasteiger partial charge on any atom is 0.226 e. The SMILES string of the molecule is CC(C)C(=O)N1CCC(C(=O)N2CCCCC2C(C)N)CC1.Cl. The number of nitrogens with two attached hydrogens (primary N) is 1. The van der Waals surface area contributed by atoms with Gasteiger partial charge in [-0.25, -0.2) is 0 Å². The number of hydrogen-bond donors (Lipinski definition) is 1. The minimum atomic E-state index is 0. The number of halogens is 1. The van der Waals surface area contributed by atoms with Crippen molar-refractivity contribution in [2.24, 2.45) is 17.6 Å². The summed E-state index contributed by atoms with van der Waals surface area (Å²) in [5, 5.41) is 0. The molecule has 2 aliphatic heterocycles. The molecule has 0 spiro atoms. The summed E-state index contributed by atoms with van der Waals surface area (Å²) in [7, 11) is 0. The number of hydrogen-bond acceptors (Lipinski definition) is 3. The molecule has 0 radical (unpaired) electrons. The quantitative estimate of drug-likeness (QED) is 0.851. The van der Waals surface area contributed by atoms with E-state index in [9.17, 15) is 9.59 Å². The van der Waals surface area contributed by atoms with E-state index in [1.807, 2.05) is 30.6 Å². The molecular weight excluding hydrogens is 314 g/mol. The summed E-state index contributed by atoms with van der Waals surface area (Å²) in [5.41, 5.74) is 6.07. The molecule has 134 valence electrons. The lowest BCUT2D eigenvalue weighted by molar-refractivity contribution is -0.144. The Balaban J connectivity index is 0.00000264. The number of amides is 2. The van der Waals surface area contributed by atoms with Crippen molar-refractivity contribution in [3.05, 3.63) is 0 Å². The molecule has 2 fully saturated rings. The average Bonchev–Trinajstić information content (AvgIpc) is 2.53. The Bertz CT molecular complexity index is 407. The number of rotatable bonds is 3. The third kappa shape index (κ3) is 4.83. The van der Waals surface area contributed by atoms with Gasteiger partial charge in [-0.2, -0.15) is 0 Å². The second-order valence-corrected chi connectivity index (χ2v) is 7.21. The van der Waals surface area contributed by atoms with Gasteiger partial charge in [0.05, 0.1) is 0 Å². The summed E-state index contributed by atoms with van der Waals surface area (Å²) >= 11 is 0. The van der Waals surface area contributed by atoms with Gasteiger partial charge in [0.1, 0.15) is 0 Å². The molecule has 23 heavy (non-hydrogen) atoms. The topological polar surface area (TPSA) is 66.6 Å². The van der Waals surface area contributed by atoms with Crippen LogP contribution in [-0.4, -0.2) is 53.3 Å². The van der Waals surface area contributed by atoms with E-state index in [1.165, 1.54) is 0 Å². The van der Waals surface area contributed by atoms with E-state index in [1.54, 1.807) is 0 Å². The highest BCUT2D eigenvalue weighted by Crippen LogP contribution is 2.26. The van der Waals surface area contributed by atoms with Crippen molar-refractivity contribution in [3.63, 3.8) is 0 Å². The highest BCUT2D eigenvalue weighted by Gasteiger charge is 2.35. The number of likely N-dealkylation sites (tertiary alicyclic amines) is 2. The Morgan fingerprint density at radius 1 is 1.00 bits per heavy atom. The Morgan fingerprint density at radius 3 is 2.13 bits per heavy atom. The van der Waals surface area contributed by atoms with Crippen LogP contribution < -0.4 is 5.73 Å². The van der Waals surface area contributed by atoms with Crippen LogP contribution in [0.5, 0.6) is 0 Å². The van der Waals surface area contributed by atoms with Crippen LogP contribution in [0.1, 0.15) is 52.9 Å². The maximum absolute atomic E-state index is 12.8. The van der Waals surface area contributed by atoms with Gasteiger partial charge in [-0.1, -0.05) is 13.8 Å². The van der Waals surface area contributed by atoms with Gasteiger partial charge in [-0.3, -0.25) is 9.59 Å². The predicted octanol–water partition coefficient (Wildman–Crippen LogP) is 2.03. The zero-order valence-electron chi connectivity index (χ0n) is 14.7. The first kappa shape index (κ1) is 20.2. The first-order valence-electron chi connectivity index (χ1n) is 8.76. The number of carbonyl (C=O) groups is 2. The molecule has 2 rings (SSSR count). The van der Waals surface area contributed by atoms with E-state index in [-0.39, 0.29) is 48.1 Å².